The number of hydrogen-bond donors (Lipinski definition) is 1. The van der Waals surface area contributed by atoms with Crippen LogP contribution in [0.15, 0.2) is 73.2 Å². The Bertz CT molecular complexity index is 977. The van der Waals surface area contributed by atoms with E-state index < -0.39 is 0 Å². The first-order valence-corrected chi connectivity index (χ1v) is 9.44. The lowest BCUT2D eigenvalue weighted by molar-refractivity contribution is -0.115. The Morgan fingerprint density at radius 1 is 0.966 bits per heavy atom. The fourth-order valence-corrected chi connectivity index (χ4v) is 3.26. The monoisotopic (exact) mass is 387 g/mol. The number of rotatable bonds is 6. The summed E-state index contributed by atoms with van der Waals surface area (Å²) >= 11 is 0. The van der Waals surface area contributed by atoms with Crippen LogP contribution in [0, 0.1) is 0 Å². The Kier molecular flexibility index (Phi) is 5.47. The zero-order valence-electron chi connectivity index (χ0n) is 15.9. The van der Waals surface area contributed by atoms with Gasteiger partial charge in [0, 0.05) is 32.0 Å². The number of urea groups is 1. The zero-order valence-corrected chi connectivity index (χ0v) is 15.9. The van der Waals surface area contributed by atoms with Crippen molar-refractivity contribution in [2.24, 2.45) is 0 Å². The van der Waals surface area contributed by atoms with E-state index in [-0.39, 0.29) is 18.4 Å². The van der Waals surface area contributed by atoms with Crippen LogP contribution in [0.4, 0.5) is 16.3 Å². The molecule has 1 fully saturated rings. The highest BCUT2D eigenvalue weighted by Crippen LogP contribution is 2.21. The van der Waals surface area contributed by atoms with Crippen LogP contribution in [0.2, 0.25) is 0 Å². The van der Waals surface area contributed by atoms with Gasteiger partial charge in [0.15, 0.2) is 0 Å². The molecule has 0 radical (unpaired) electrons. The number of benzene rings is 1. The minimum atomic E-state index is -0.140. The molecule has 1 aliphatic heterocycles. The molecule has 1 saturated heterocycles. The van der Waals surface area contributed by atoms with Crippen molar-refractivity contribution < 1.29 is 9.59 Å². The number of pyridine rings is 2. The van der Waals surface area contributed by atoms with E-state index in [0.717, 1.165) is 11.1 Å². The summed E-state index contributed by atoms with van der Waals surface area (Å²) < 4.78 is 0. The third-order valence-electron chi connectivity index (χ3n) is 4.71. The van der Waals surface area contributed by atoms with Gasteiger partial charge in [0.05, 0.1) is 18.3 Å². The highest BCUT2D eigenvalue weighted by atomic mass is 16.2. The first-order valence-electron chi connectivity index (χ1n) is 9.44. The summed E-state index contributed by atoms with van der Waals surface area (Å²) in [5.74, 6) is 0.439. The maximum Gasteiger partial charge on any atom is 0.326 e. The summed E-state index contributed by atoms with van der Waals surface area (Å²) in [6, 6.07) is 17.0. The summed E-state index contributed by atoms with van der Waals surface area (Å²) in [5, 5.41) is 2.82. The highest BCUT2D eigenvalue weighted by molar-refractivity contribution is 5.94. The number of hydrogen-bond acceptors (Lipinski definition) is 4. The molecule has 0 atom stereocenters. The van der Waals surface area contributed by atoms with Gasteiger partial charge in [-0.25, -0.2) is 9.78 Å². The average Bonchev–Trinajstić information content (AvgIpc) is 3.10. The molecule has 29 heavy (non-hydrogen) atoms. The van der Waals surface area contributed by atoms with Crippen molar-refractivity contribution in [2.75, 3.05) is 23.3 Å². The van der Waals surface area contributed by atoms with E-state index in [1.54, 1.807) is 46.6 Å². The van der Waals surface area contributed by atoms with Crippen molar-refractivity contribution in [1.82, 2.24) is 14.9 Å². The number of amides is 3. The molecule has 0 spiro atoms. The van der Waals surface area contributed by atoms with Gasteiger partial charge in [0.2, 0.25) is 5.91 Å². The number of carbonyl (C=O) groups excluding carboxylic acids is 2. The molecule has 1 aromatic carbocycles. The van der Waals surface area contributed by atoms with E-state index in [1.165, 1.54) is 0 Å². The quantitative estimate of drug-likeness (QED) is 0.705. The standard InChI is InChI=1S/C22H21N5O2/c28-21(13-18-7-4-10-23-14-18)25-19-8-9-20(24-15-19)27-12-11-26(22(27)29)16-17-5-2-1-3-6-17/h1-10,14-15H,11-13,16H2,(H,25,28). The van der Waals surface area contributed by atoms with Crippen molar-refractivity contribution in [3.8, 4) is 0 Å². The second-order valence-electron chi connectivity index (χ2n) is 6.83. The van der Waals surface area contributed by atoms with E-state index in [0.29, 0.717) is 31.1 Å². The van der Waals surface area contributed by atoms with Crippen molar-refractivity contribution in [3.05, 3.63) is 84.3 Å². The third kappa shape index (κ3) is 4.57. The molecule has 3 heterocycles. The summed E-state index contributed by atoms with van der Waals surface area (Å²) in [5.41, 5.74) is 2.54. The molecular weight excluding hydrogens is 366 g/mol. The summed E-state index contributed by atoms with van der Waals surface area (Å²) in [4.78, 5) is 36.7. The highest BCUT2D eigenvalue weighted by Gasteiger charge is 2.30. The molecule has 4 rings (SSSR count). The number of anilines is 2. The SMILES string of the molecule is O=C(Cc1cccnc1)Nc1ccc(N2CCN(Cc3ccccc3)C2=O)nc1. The van der Waals surface area contributed by atoms with Gasteiger partial charge < -0.3 is 10.2 Å². The summed E-state index contributed by atoms with van der Waals surface area (Å²) in [6.45, 7) is 1.82. The Morgan fingerprint density at radius 3 is 2.52 bits per heavy atom. The van der Waals surface area contributed by atoms with E-state index in [1.807, 2.05) is 36.4 Å². The summed E-state index contributed by atoms with van der Waals surface area (Å²) in [6.07, 6.45) is 5.16. The van der Waals surface area contributed by atoms with Crippen LogP contribution in [-0.4, -0.2) is 39.9 Å². The van der Waals surface area contributed by atoms with Gasteiger partial charge in [-0.15, -0.1) is 0 Å². The minimum Gasteiger partial charge on any atom is -0.324 e. The molecule has 0 unspecified atom stereocenters. The van der Waals surface area contributed by atoms with Crippen molar-refractivity contribution in [1.29, 1.82) is 0 Å². The Morgan fingerprint density at radius 2 is 1.79 bits per heavy atom. The van der Waals surface area contributed by atoms with Crippen molar-refractivity contribution in [2.45, 2.75) is 13.0 Å². The largest absolute Gasteiger partial charge is 0.326 e. The fraction of sp³-hybridized carbons (Fsp3) is 0.182. The Hall–Kier alpha value is -3.74. The molecule has 0 aliphatic carbocycles. The van der Waals surface area contributed by atoms with Crippen LogP contribution in [-0.2, 0) is 17.8 Å². The van der Waals surface area contributed by atoms with Crippen LogP contribution in [0.25, 0.3) is 0 Å². The lowest BCUT2D eigenvalue weighted by Gasteiger charge is -2.18. The van der Waals surface area contributed by atoms with Gasteiger partial charge in [-0.2, -0.15) is 0 Å². The molecule has 1 aliphatic rings. The van der Waals surface area contributed by atoms with Crippen molar-refractivity contribution >= 4 is 23.4 Å². The predicted molar refractivity (Wildman–Crippen MR) is 110 cm³/mol. The average molecular weight is 387 g/mol. The van der Waals surface area contributed by atoms with E-state index >= 15 is 0 Å². The molecule has 3 amide bonds. The van der Waals surface area contributed by atoms with Crippen LogP contribution in [0.3, 0.4) is 0 Å². The maximum atomic E-state index is 12.7. The molecular formula is C22H21N5O2. The molecule has 7 nitrogen and oxygen atoms in total. The van der Waals surface area contributed by atoms with E-state index in [9.17, 15) is 9.59 Å². The van der Waals surface area contributed by atoms with Gasteiger partial charge in [0.25, 0.3) is 0 Å². The molecule has 1 N–H and O–H groups in total. The molecule has 0 saturated carbocycles. The zero-order chi connectivity index (χ0) is 20.1. The topological polar surface area (TPSA) is 78.4 Å². The second kappa shape index (κ2) is 8.52. The second-order valence-corrected chi connectivity index (χ2v) is 6.83. The van der Waals surface area contributed by atoms with Crippen LogP contribution >= 0.6 is 0 Å². The lowest BCUT2D eigenvalue weighted by Crippen LogP contribution is -2.31. The number of nitrogens with one attached hydrogen (secondary N) is 1. The third-order valence-corrected chi connectivity index (χ3v) is 4.71. The van der Waals surface area contributed by atoms with Crippen molar-refractivity contribution in [3.63, 3.8) is 0 Å². The molecule has 3 aromatic rings. The fourth-order valence-electron chi connectivity index (χ4n) is 3.26. The van der Waals surface area contributed by atoms with Gasteiger partial charge in [-0.1, -0.05) is 36.4 Å². The van der Waals surface area contributed by atoms with E-state index in [4.69, 9.17) is 0 Å². The molecule has 146 valence electrons. The smallest absolute Gasteiger partial charge is 0.324 e. The number of nitrogens with zero attached hydrogens (tertiary/aromatic N) is 4. The van der Waals surface area contributed by atoms with Crippen LogP contribution in [0.5, 0.6) is 0 Å². The molecule has 0 bridgehead atoms. The van der Waals surface area contributed by atoms with Crippen LogP contribution < -0.4 is 10.2 Å². The normalized spacial score (nSPS) is 13.6. The number of aromatic nitrogens is 2. The first-order chi connectivity index (χ1) is 14.2. The van der Waals surface area contributed by atoms with Gasteiger partial charge in [-0.3, -0.25) is 14.7 Å². The summed E-state index contributed by atoms with van der Waals surface area (Å²) in [7, 11) is 0. The van der Waals surface area contributed by atoms with Gasteiger partial charge >= 0.3 is 6.03 Å². The Labute approximate surface area is 169 Å². The minimum absolute atomic E-state index is 0.0604. The first kappa shape index (κ1) is 18.6. The maximum absolute atomic E-state index is 12.7. The molecule has 7 heteroatoms. The van der Waals surface area contributed by atoms with Crippen LogP contribution in [0.1, 0.15) is 11.1 Å². The van der Waals surface area contributed by atoms with Gasteiger partial charge in [-0.05, 0) is 29.3 Å². The number of carbonyl (C=O) groups is 2. The Balaban J connectivity index is 1.35. The molecule has 2 aromatic heterocycles. The lowest BCUT2D eigenvalue weighted by atomic mass is 10.2. The van der Waals surface area contributed by atoms with Gasteiger partial charge in [0.1, 0.15) is 5.82 Å². The predicted octanol–water partition coefficient (Wildman–Crippen LogP) is 3.10. The van der Waals surface area contributed by atoms with E-state index in [2.05, 4.69) is 15.3 Å².